The lowest BCUT2D eigenvalue weighted by Gasteiger charge is -2.27. The number of hydrogen-bond acceptors (Lipinski definition) is 5. The van der Waals surface area contributed by atoms with Gasteiger partial charge in [-0.25, -0.2) is 0 Å². The lowest BCUT2D eigenvalue weighted by Crippen LogP contribution is -2.37. The number of fused-ring (bicyclic) bond motifs is 2. The van der Waals surface area contributed by atoms with Gasteiger partial charge in [-0.05, 0) is 49.2 Å². The lowest BCUT2D eigenvalue weighted by molar-refractivity contribution is 0.0710. The zero-order chi connectivity index (χ0) is 20.7. The third kappa shape index (κ3) is 3.39. The lowest BCUT2D eigenvalue weighted by atomic mass is 10.0. The van der Waals surface area contributed by atoms with Crippen LogP contribution < -0.4 is 5.43 Å². The third-order valence-corrected chi connectivity index (χ3v) is 6.94. The first-order valence-corrected chi connectivity index (χ1v) is 11.1. The number of halogens is 1. The zero-order valence-electron chi connectivity index (χ0n) is 16.7. The fourth-order valence-corrected chi connectivity index (χ4v) is 4.91. The molecule has 1 atom stereocenters. The molecule has 0 saturated heterocycles. The first-order chi connectivity index (χ1) is 14.0. The summed E-state index contributed by atoms with van der Waals surface area (Å²) in [7, 11) is 0. The van der Waals surface area contributed by atoms with Crippen molar-refractivity contribution in [2.45, 2.75) is 26.8 Å². The van der Waals surface area contributed by atoms with E-state index in [0.717, 1.165) is 30.1 Å². The second-order valence-corrected chi connectivity index (χ2v) is 8.60. The summed E-state index contributed by atoms with van der Waals surface area (Å²) in [6, 6.07) is 6.86. The first-order valence-electron chi connectivity index (χ1n) is 9.79. The van der Waals surface area contributed by atoms with Crippen molar-refractivity contribution < 1.29 is 9.21 Å². The number of rotatable bonds is 6. The molecule has 0 N–H and O–H groups in total. The van der Waals surface area contributed by atoms with Crippen molar-refractivity contribution in [3.63, 3.8) is 0 Å². The topological polar surface area (TPSA) is 53.8 Å². The Hall–Kier alpha value is -2.15. The SMILES string of the molecule is CCN(CC)CCN1C(=O)c2oc3cc(C)c(Cl)cc3c(=O)c2C1c1cccs1. The maximum Gasteiger partial charge on any atom is 0.290 e. The van der Waals surface area contributed by atoms with E-state index in [-0.39, 0.29) is 17.1 Å². The van der Waals surface area contributed by atoms with Crippen LogP contribution in [-0.4, -0.2) is 41.9 Å². The van der Waals surface area contributed by atoms with Crippen LogP contribution in [0, 0.1) is 6.92 Å². The Kier molecular flexibility index (Phi) is 5.51. The van der Waals surface area contributed by atoms with Crippen molar-refractivity contribution in [2.24, 2.45) is 0 Å². The molecule has 3 heterocycles. The Bertz CT molecular complexity index is 1120. The number of carbonyl (C=O) groups is 1. The van der Waals surface area contributed by atoms with Crippen LogP contribution in [0.1, 0.15) is 46.4 Å². The average molecular weight is 431 g/mol. The number of hydrogen-bond donors (Lipinski definition) is 0. The van der Waals surface area contributed by atoms with E-state index in [1.165, 1.54) is 0 Å². The standard InChI is InChI=1S/C22H23ClN2O3S/c1-4-24(5-2)8-9-25-19(17-7-6-10-29-17)18-20(26)14-12-15(23)13(3)11-16(14)28-21(18)22(25)27/h6-7,10-12,19H,4-5,8-9H2,1-3H3. The molecule has 0 radical (unpaired) electrons. The van der Waals surface area contributed by atoms with Gasteiger partial charge in [0, 0.05) is 23.0 Å². The molecular weight excluding hydrogens is 408 g/mol. The molecule has 152 valence electrons. The van der Waals surface area contributed by atoms with Crippen molar-refractivity contribution in [1.29, 1.82) is 0 Å². The number of thiophene rings is 1. The number of amides is 1. The number of nitrogens with zero attached hydrogens (tertiary/aromatic N) is 2. The van der Waals surface area contributed by atoms with E-state index in [4.69, 9.17) is 16.0 Å². The molecule has 0 spiro atoms. The van der Waals surface area contributed by atoms with Crippen LogP contribution in [0.25, 0.3) is 11.0 Å². The van der Waals surface area contributed by atoms with Gasteiger partial charge >= 0.3 is 0 Å². The fraction of sp³-hybridized carbons (Fsp3) is 0.364. The summed E-state index contributed by atoms with van der Waals surface area (Å²) in [5, 5.41) is 2.89. The predicted octanol–water partition coefficient (Wildman–Crippen LogP) is 4.70. The molecule has 1 aromatic carbocycles. The normalized spacial score (nSPS) is 16.2. The van der Waals surface area contributed by atoms with E-state index in [1.807, 2.05) is 24.4 Å². The summed E-state index contributed by atoms with van der Waals surface area (Å²) in [6.07, 6.45) is 0. The minimum atomic E-state index is -0.422. The van der Waals surface area contributed by atoms with E-state index in [1.54, 1.807) is 28.4 Å². The average Bonchev–Trinajstić information content (AvgIpc) is 3.32. The molecule has 29 heavy (non-hydrogen) atoms. The van der Waals surface area contributed by atoms with Crippen LogP contribution in [0.15, 0.2) is 38.9 Å². The largest absolute Gasteiger partial charge is 0.450 e. The van der Waals surface area contributed by atoms with Crippen molar-refractivity contribution in [3.8, 4) is 0 Å². The van der Waals surface area contributed by atoms with E-state index in [9.17, 15) is 9.59 Å². The van der Waals surface area contributed by atoms with Gasteiger partial charge in [0.2, 0.25) is 5.76 Å². The van der Waals surface area contributed by atoms with Gasteiger partial charge in [-0.3, -0.25) is 9.59 Å². The highest BCUT2D eigenvalue weighted by molar-refractivity contribution is 7.10. The van der Waals surface area contributed by atoms with E-state index >= 15 is 0 Å². The van der Waals surface area contributed by atoms with Gasteiger partial charge < -0.3 is 14.2 Å². The molecule has 1 unspecified atom stereocenters. The van der Waals surface area contributed by atoms with Gasteiger partial charge in [-0.2, -0.15) is 0 Å². The highest BCUT2D eigenvalue weighted by Crippen LogP contribution is 2.40. The molecule has 0 fully saturated rings. The summed E-state index contributed by atoms with van der Waals surface area (Å²) >= 11 is 7.80. The fourth-order valence-electron chi connectivity index (χ4n) is 3.90. The van der Waals surface area contributed by atoms with Crippen LogP contribution in [0.5, 0.6) is 0 Å². The molecule has 5 nitrogen and oxygen atoms in total. The summed E-state index contributed by atoms with van der Waals surface area (Å²) in [5.41, 5.74) is 1.45. The van der Waals surface area contributed by atoms with Crippen LogP contribution >= 0.6 is 22.9 Å². The molecular formula is C22H23ClN2O3S. The maximum atomic E-state index is 13.4. The van der Waals surface area contributed by atoms with Gasteiger partial charge in [0.15, 0.2) is 5.43 Å². The maximum absolute atomic E-state index is 13.4. The summed E-state index contributed by atoms with van der Waals surface area (Å²) < 4.78 is 5.99. The molecule has 0 bridgehead atoms. The molecule has 0 saturated carbocycles. The molecule has 3 aromatic rings. The summed E-state index contributed by atoms with van der Waals surface area (Å²) in [5.74, 6) is -0.0701. The highest BCUT2D eigenvalue weighted by atomic mass is 35.5. The summed E-state index contributed by atoms with van der Waals surface area (Å²) in [4.78, 5) is 31.7. The first kappa shape index (κ1) is 20.1. The third-order valence-electron chi connectivity index (χ3n) is 5.61. The molecule has 2 aromatic heterocycles. The van der Waals surface area contributed by atoms with Gasteiger partial charge in [0.25, 0.3) is 5.91 Å². The van der Waals surface area contributed by atoms with E-state index < -0.39 is 6.04 Å². The van der Waals surface area contributed by atoms with Crippen molar-refractivity contribution in [2.75, 3.05) is 26.2 Å². The van der Waals surface area contributed by atoms with Gasteiger partial charge in [0.05, 0.1) is 17.0 Å². The Morgan fingerprint density at radius 2 is 2.00 bits per heavy atom. The predicted molar refractivity (Wildman–Crippen MR) is 117 cm³/mol. The van der Waals surface area contributed by atoms with Gasteiger partial charge in [-0.15, -0.1) is 11.3 Å². The number of benzene rings is 1. The smallest absolute Gasteiger partial charge is 0.290 e. The molecule has 7 heteroatoms. The van der Waals surface area contributed by atoms with E-state index in [2.05, 4.69) is 18.7 Å². The second-order valence-electron chi connectivity index (χ2n) is 7.21. The minimum Gasteiger partial charge on any atom is -0.450 e. The number of aryl methyl sites for hydroxylation is 1. The van der Waals surface area contributed by atoms with Crippen molar-refractivity contribution in [1.82, 2.24) is 9.80 Å². The molecule has 0 aliphatic carbocycles. The zero-order valence-corrected chi connectivity index (χ0v) is 18.3. The Morgan fingerprint density at radius 3 is 2.66 bits per heavy atom. The quantitative estimate of drug-likeness (QED) is 0.568. The minimum absolute atomic E-state index is 0.155. The Labute approximate surface area is 178 Å². The van der Waals surface area contributed by atoms with Crippen LogP contribution in [-0.2, 0) is 0 Å². The monoisotopic (exact) mass is 430 g/mol. The molecule has 1 aliphatic heterocycles. The van der Waals surface area contributed by atoms with Crippen molar-refractivity contribution >= 4 is 39.8 Å². The number of likely N-dealkylation sites (N-methyl/N-ethyl adjacent to an activating group) is 1. The van der Waals surface area contributed by atoms with Crippen LogP contribution in [0.4, 0.5) is 0 Å². The van der Waals surface area contributed by atoms with Gasteiger partial charge in [-0.1, -0.05) is 31.5 Å². The number of carbonyl (C=O) groups excluding carboxylic acids is 1. The summed E-state index contributed by atoms with van der Waals surface area (Å²) in [6.45, 7) is 9.15. The second kappa shape index (κ2) is 7.94. The van der Waals surface area contributed by atoms with E-state index in [0.29, 0.717) is 28.1 Å². The van der Waals surface area contributed by atoms with Crippen molar-refractivity contribution in [3.05, 3.63) is 66.7 Å². The molecule has 4 rings (SSSR count). The Balaban J connectivity index is 1.87. The van der Waals surface area contributed by atoms with Crippen LogP contribution in [0.2, 0.25) is 5.02 Å². The van der Waals surface area contributed by atoms with Gasteiger partial charge in [0.1, 0.15) is 5.58 Å². The molecule has 1 aliphatic rings. The van der Waals surface area contributed by atoms with Crippen LogP contribution in [0.3, 0.4) is 0 Å². The molecule has 1 amide bonds. The Morgan fingerprint density at radius 1 is 1.24 bits per heavy atom. The highest BCUT2D eigenvalue weighted by Gasteiger charge is 2.43.